The number of rotatable bonds is 4. The summed E-state index contributed by atoms with van der Waals surface area (Å²) in [5, 5.41) is 5.59. The Labute approximate surface area is 171 Å². The van der Waals surface area contributed by atoms with Crippen LogP contribution >= 0.6 is 0 Å². The number of fused-ring (bicyclic) bond motifs is 1. The minimum Gasteiger partial charge on any atom is -0.336 e. The van der Waals surface area contributed by atoms with Crippen LogP contribution in [0.15, 0.2) is 35.9 Å². The summed E-state index contributed by atoms with van der Waals surface area (Å²) in [5.41, 5.74) is 3.65. The molecule has 154 valence electrons. The van der Waals surface area contributed by atoms with E-state index in [9.17, 15) is 13.2 Å². The van der Waals surface area contributed by atoms with E-state index in [1.165, 1.54) is 9.71 Å². The van der Waals surface area contributed by atoms with Crippen LogP contribution in [-0.4, -0.2) is 59.5 Å². The second kappa shape index (κ2) is 8.12. The van der Waals surface area contributed by atoms with Crippen LogP contribution in [0, 0.1) is 6.92 Å². The van der Waals surface area contributed by atoms with Crippen molar-refractivity contribution in [3.8, 4) is 0 Å². The Hall–Kier alpha value is -2.45. The number of benzene rings is 1. The van der Waals surface area contributed by atoms with Gasteiger partial charge in [0.1, 0.15) is 0 Å². The van der Waals surface area contributed by atoms with E-state index < -0.39 is 10.0 Å². The third kappa shape index (κ3) is 4.28. The van der Waals surface area contributed by atoms with Crippen molar-refractivity contribution in [2.75, 3.05) is 26.2 Å². The number of hydrogen-bond donors (Lipinski definition) is 0. The molecular formula is C21H26N4O3S. The molecule has 4 rings (SSSR count). The summed E-state index contributed by atoms with van der Waals surface area (Å²) in [5.74, 6) is -0.0413. The minimum absolute atomic E-state index is 0.0413. The molecule has 2 aliphatic rings. The topological polar surface area (TPSA) is 75.5 Å². The molecule has 1 aromatic carbocycles. The number of aromatic nitrogens is 2. The Bertz CT molecular complexity index is 1020. The molecule has 0 aliphatic carbocycles. The van der Waals surface area contributed by atoms with Gasteiger partial charge in [-0.15, -0.1) is 0 Å². The zero-order chi connectivity index (χ0) is 20.4. The van der Waals surface area contributed by atoms with Crippen LogP contribution in [-0.2, 0) is 23.0 Å². The molecular weight excluding hydrogens is 388 g/mol. The van der Waals surface area contributed by atoms with Crippen molar-refractivity contribution in [3.05, 3.63) is 58.3 Å². The monoisotopic (exact) mass is 414 g/mol. The number of carbonyl (C=O) groups is 1. The van der Waals surface area contributed by atoms with Gasteiger partial charge in [0.25, 0.3) is 5.91 Å². The largest absolute Gasteiger partial charge is 0.336 e. The number of hydrogen-bond acceptors (Lipinski definition) is 4. The molecule has 1 amide bonds. The SMILES string of the molecule is Cc1ccc(/C=C/S(=O)(=O)N2CCN(C(=O)c3cnn4c3CCCC4)CC2)cc1. The summed E-state index contributed by atoms with van der Waals surface area (Å²) in [4.78, 5) is 14.7. The normalized spacial score (nSPS) is 18.2. The molecule has 2 aliphatic heterocycles. The fraction of sp³-hybridized carbons (Fsp3) is 0.429. The van der Waals surface area contributed by atoms with Gasteiger partial charge in [0, 0.05) is 38.1 Å². The molecule has 1 aromatic heterocycles. The van der Waals surface area contributed by atoms with Crippen molar-refractivity contribution in [2.45, 2.75) is 32.7 Å². The van der Waals surface area contributed by atoms with Gasteiger partial charge < -0.3 is 4.90 Å². The predicted molar refractivity (Wildman–Crippen MR) is 112 cm³/mol. The lowest BCUT2D eigenvalue weighted by atomic mass is 10.1. The maximum absolute atomic E-state index is 12.9. The van der Waals surface area contributed by atoms with Gasteiger partial charge in [-0.2, -0.15) is 9.40 Å². The van der Waals surface area contributed by atoms with Gasteiger partial charge in [0.15, 0.2) is 0 Å². The molecule has 2 aromatic rings. The van der Waals surface area contributed by atoms with Crippen LogP contribution in [0.25, 0.3) is 6.08 Å². The molecule has 8 heteroatoms. The smallest absolute Gasteiger partial charge is 0.257 e. The molecule has 3 heterocycles. The zero-order valence-electron chi connectivity index (χ0n) is 16.6. The molecule has 0 spiro atoms. The first-order valence-corrected chi connectivity index (χ1v) is 11.5. The summed E-state index contributed by atoms with van der Waals surface area (Å²) in [6.07, 6.45) is 6.32. The van der Waals surface area contributed by atoms with Crippen molar-refractivity contribution in [1.82, 2.24) is 19.0 Å². The molecule has 1 fully saturated rings. The van der Waals surface area contributed by atoms with Crippen LogP contribution in [0.1, 0.15) is 40.0 Å². The van der Waals surface area contributed by atoms with E-state index in [0.717, 1.165) is 42.6 Å². The van der Waals surface area contributed by atoms with Crippen molar-refractivity contribution in [2.24, 2.45) is 0 Å². The van der Waals surface area contributed by atoms with E-state index in [1.54, 1.807) is 17.2 Å². The van der Waals surface area contributed by atoms with Crippen LogP contribution in [0.2, 0.25) is 0 Å². The average molecular weight is 415 g/mol. The molecule has 0 bridgehead atoms. The van der Waals surface area contributed by atoms with Crippen molar-refractivity contribution in [3.63, 3.8) is 0 Å². The van der Waals surface area contributed by atoms with Gasteiger partial charge in [0.2, 0.25) is 10.0 Å². The highest BCUT2D eigenvalue weighted by Gasteiger charge is 2.30. The standard InChI is InChI=1S/C21H26N4O3S/c1-17-5-7-18(8-6-17)9-15-29(27,28)24-13-11-23(12-14-24)21(26)19-16-22-25-10-3-2-4-20(19)25/h5-9,15-16H,2-4,10-14H2,1H3/b15-9+. The van der Waals surface area contributed by atoms with Crippen LogP contribution in [0.5, 0.6) is 0 Å². The molecule has 1 saturated heterocycles. The first-order chi connectivity index (χ1) is 13.9. The van der Waals surface area contributed by atoms with E-state index in [-0.39, 0.29) is 5.91 Å². The molecule has 0 unspecified atom stereocenters. The molecule has 7 nitrogen and oxygen atoms in total. The van der Waals surface area contributed by atoms with E-state index in [1.807, 2.05) is 35.9 Å². The Morgan fingerprint density at radius 2 is 1.76 bits per heavy atom. The highest BCUT2D eigenvalue weighted by atomic mass is 32.2. The van der Waals surface area contributed by atoms with Gasteiger partial charge >= 0.3 is 0 Å². The number of sulfonamides is 1. The lowest BCUT2D eigenvalue weighted by molar-refractivity contribution is 0.0697. The molecule has 0 atom stereocenters. The fourth-order valence-corrected chi connectivity index (χ4v) is 5.02. The third-order valence-corrected chi connectivity index (χ3v) is 7.17. The van der Waals surface area contributed by atoms with E-state index in [0.29, 0.717) is 31.7 Å². The average Bonchev–Trinajstić information content (AvgIpc) is 3.17. The highest BCUT2D eigenvalue weighted by molar-refractivity contribution is 7.92. The van der Waals surface area contributed by atoms with Gasteiger partial charge in [-0.3, -0.25) is 9.48 Å². The number of aryl methyl sites for hydroxylation is 2. The summed E-state index contributed by atoms with van der Waals surface area (Å²) in [6.45, 7) is 4.24. The lowest BCUT2D eigenvalue weighted by Gasteiger charge is -2.33. The van der Waals surface area contributed by atoms with Crippen LogP contribution in [0.3, 0.4) is 0 Å². The molecule has 0 saturated carbocycles. The number of amides is 1. The molecule has 0 radical (unpaired) electrons. The number of nitrogens with zero attached hydrogens (tertiary/aromatic N) is 4. The molecule has 29 heavy (non-hydrogen) atoms. The van der Waals surface area contributed by atoms with Crippen molar-refractivity contribution >= 4 is 22.0 Å². The Balaban J connectivity index is 1.39. The maximum atomic E-state index is 12.9. The van der Waals surface area contributed by atoms with Crippen molar-refractivity contribution < 1.29 is 13.2 Å². The zero-order valence-corrected chi connectivity index (χ0v) is 17.4. The predicted octanol–water partition coefficient (Wildman–Crippen LogP) is 2.29. The van der Waals surface area contributed by atoms with Crippen LogP contribution in [0.4, 0.5) is 0 Å². The summed E-state index contributed by atoms with van der Waals surface area (Å²) >= 11 is 0. The van der Waals surface area contributed by atoms with Crippen LogP contribution < -0.4 is 0 Å². The maximum Gasteiger partial charge on any atom is 0.257 e. The first-order valence-electron chi connectivity index (χ1n) is 10.0. The quantitative estimate of drug-likeness (QED) is 0.769. The van der Waals surface area contributed by atoms with Crippen molar-refractivity contribution in [1.29, 1.82) is 0 Å². The Morgan fingerprint density at radius 1 is 1.03 bits per heavy atom. The third-order valence-electron chi connectivity index (χ3n) is 5.61. The number of carbonyl (C=O) groups excluding carboxylic acids is 1. The van der Waals surface area contributed by atoms with E-state index >= 15 is 0 Å². The van der Waals surface area contributed by atoms with Gasteiger partial charge in [-0.05, 0) is 37.8 Å². The summed E-state index contributed by atoms with van der Waals surface area (Å²) in [6, 6.07) is 7.69. The highest BCUT2D eigenvalue weighted by Crippen LogP contribution is 2.21. The lowest BCUT2D eigenvalue weighted by Crippen LogP contribution is -2.50. The first kappa shape index (κ1) is 19.8. The second-order valence-corrected chi connectivity index (χ2v) is 9.45. The van der Waals surface area contributed by atoms with Gasteiger partial charge in [-0.1, -0.05) is 29.8 Å². The fourth-order valence-electron chi connectivity index (χ4n) is 3.84. The Kier molecular flexibility index (Phi) is 5.56. The van der Waals surface area contributed by atoms with Gasteiger partial charge in [-0.25, -0.2) is 8.42 Å². The van der Waals surface area contributed by atoms with E-state index in [2.05, 4.69) is 5.10 Å². The summed E-state index contributed by atoms with van der Waals surface area (Å²) < 4.78 is 28.7. The Morgan fingerprint density at radius 3 is 2.48 bits per heavy atom. The molecule has 0 N–H and O–H groups in total. The summed E-state index contributed by atoms with van der Waals surface area (Å²) in [7, 11) is -3.51. The van der Waals surface area contributed by atoms with Gasteiger partial charge in [0.05, 0.1) is 17.5 Å². The second-order valence-electron chi connectivity index (χ2n) is 7.63. The van der Waals surface area contributed by atoms with E-state index in [4.69, 9.17) is 0 Å². The number of piperazine rings is 1. The minimum atomic E-state index is -3.51.